The molecule has 2 fully saturated rings. The number of benzene rings is 2. The van der Waals surface area contributed by atoms with E-state index >= 15 is 0 Å². The highest BCUT2D eigenvalue weighted by Crippen LogP contribution is 2.24. The second kappa shape index (κ2) is 7.23. The first-order valence-corrected chi connectivity index (χ1v) is 10.0. The predicted molar refractivity (Wildman–Crippen MR) is 112 cm³/mol. The molecule has 2 aliphatic rings. The maximum Gasteiger partial charge on any atom is 0.253 e. The number of nitrogens with zero attached hydrogens (tertiary/aromatic N) is 3. The molecule has 154 valence electrons. The van der Waals surface area contributed by atoms with Gasteiger partial charge >= 0.3 is 0 Å². The third-order valence-electron chi connectivity index (χ3n) is 5.89. The highest BCUT2D eigenvalue weighted by Gasteiger charge is 2.45. The molecule has 8 heteroatoms. The Morgan fingerprint density at radius 3 is 2.30 bits per heavy atom. The molecule has 0 spiro atoms. The van der Waals surface area contributed by atoms with Gasteiger partial charge < -0.3 is 25.3 Å². The third kappa shape index (κ3) is 3.24. The van der Waals surface area contributed by atoms with E-state index in [1.54, 1.807) is 16.1 Å². The number of aromatic nitrogens is 2. The largest absolute Gasteiger partial charge is 0.376 e. The zero-order valence-corrected chi connectivity index (χ0v) is 16.5. The summed E-state index contributed by atoms with van der Waals surface area (Å²) in [6.07, 6.45) is 1.68. The van der Waals surface area contributed by atoms with Crippen molar-refractivity contribution in [3.05, 3.63) is 54.4 Å². The minimum Gasteiger partial charge on any atom is -0.376 e. The van der Waals surface area contributed by atoms with Crippen LogP contribution in [0.25, 0.3) is 22.2 Å². The number of carbonyl (C=O) groups is 2. The molecule has 0 atom stereocenters. The van der Waals surface area contributed by atoms with Crippen LogP contribution in [0.15, 0.2) is 48.8 Å². The number of imidazole rings is 1. The predicted octanol–water partition coefficient (Wildman–Crippen LogP) is 1.24. The van der Waals surface area contributed by atoms with Gasteiger partial charge in [-0.15, -0.1) is 0 Å². The second-order valence-corrected chi connectivity index (χ2v) is 7.95. The summed E-state index contributed by atoms with van der Waals surface area (Å²) in [5.41, 5.74) is 9.79. The Labute approximate surface area is 173 Å². The van der Waals surface area contributed by atoms with Crippen molar-refractivity contribution < 1.29 is 14.3 Å². The number of nitrogens with one attached hydrogen (secondary N) is 1. The quantitative estimate of drug-likeness (QED) is 0.682. The minimum atomic E-state index is -0.888. The van der Waals surface area contributed by atoms with Crippen molar-refractivity contribution in [3.63, 3.8) is 0 Å². The van der Waals surface area contributed by atoms with Gasteiger partial charge in [-0.1, -0.05) is 18.2 Å². The lowest BCUT2D eigenvalue weighted by Crippen LogP contribution is -2.68. The summed E-state index contributed by atoms with van der Waals surface area (Å²) < 4.78 is 5.08. The van der Waals surface area contributed by atoms with Crippen molar-refractivity contribution in [3.8, 4) is 11.1 Å². The third-order valence-corrected chi connectivity index (χ3v) is 5.89. The van der Waals surface area contributed by atoms with Gasteiger partial charge in [-0.25, -0.2) is 4.98 Å². The molecule has 0 bridgehead atoms. The van der Waals surface area contributed by atoms with Crippen LogP contribution in [0, 0.1) is 0 Å². The van der Waals surface area contributed by atoms with Gasteiger partial charge in [-0.05, 0) is 35.4 Å². The van der Waals surface area contributed by atoms with Crippen LogP contribution in [-0.4, -0.2) is 76.5 Å². The summed E-state index contributed by atoms with van der Waals surface area (Å²) in [7, 11) is 0. The lowest BCUT2D eigenvalue weighted by molar-refractivity contribution is -0.155. The number of piperazine rings is 1. The van der Waals surface area contributed by atoms with E-state index < -0.39 is 5.54 Å². The SMILES string of the molecule is NC1(C(=O)N2CCN(C(=O)c3ccc(-c4ccc5[nH]cnc5c4)cc3)CC2)COC1. The van der Waals surface area contributed by atoms with Gasteiger partial charge in [0, 0.05) is 31.7 Å². The topological polar surface area (TPSA) is 105 Å². The lowest BCUT2D eigenvalue weighted by atomic mass is 9.96. The van der Waals surface area contributed by atoms with E-state index in [1.165, 1.54) is 0 Å². The highest BCUT2D eigenvalue weighted by atomic mass is 16.5. The zero-order valence-electron chi connectivity index (χ0n) is 16.5. The Hall–Kier alpha value is -3.23. The van der Waals surface area contributed by atoms with E-state index in [0.717, 1.165) is 22.2 Å². The molecule has 3 aromatic rings. The first kappa shape index (κ1) is 18.8. The number of hydrogen-bond donors (Lipinski definition) is 2. The second-order valence-electron chi connectivity index (χ2n) is 7.95. The Kier molecular flexibility index (Phi) is 4.52. The average Bonchev–Trinajstić information content (AvgIpc) is 3.24. The van der Waals surface area contributed by atoms with Crippen molar-refractivity contribution in [2.75, 3.05) is 39.4 Å². The van der Waals surface area contributed by atoms with Crippen LogP contribution < -0.4 is 5.73 Å². The van der Waals surface area contributed by atoms with Gasteiger partial charge in [0.25, 0.3) is 5.91 Å². The summed E-state index contributed by atoms with van der Waals surface area (Å²) in [6, 6.07) is 13.7. The molecule has 0 radical (unpaired) electrons. The summed E-state index contributed by atoms with van der Waals surface area (Å²) in [5.74, 6) is -0.107. The highest BCUT2D eigenvalue weighted by molar-refractivity contribution is 5.95. The molecule has 5 rings (SSSR count). The molecule has 1 aromatic heterocycles. The maximum absolute atomic E-state index is 12.9. The van der Waals surface area contributed by atoms with Crippen molar-refractivity contribution in [1.82, 2.24) is 19.8 Å². The average molecular weight is 405 g/mol. The molecule has 0 unspecified atom stereocenters. The Balaban J connectivity index is 1.24. The van der Waals surface area contributed by atoms with Crippen molar-refractivity contribution >= 4 is 22.8 Å². The molecule has 2 saturated heterocycles. The van der Waals surface area contributed by atoms with Gasteiger partial charge in [0.15, 0.2) is 0 Å². The molecule has 2 aromatic carbocycles. The van der Waals surface area contributed by atoms with E-state index in [2.05, 4.69) is 9.97 Å². The standard InChI is InChI=1S/C22H23N5O3/c23-22(12-30-13-22)21(29)27-9-7-26(8-10-27)20(28)16-3-1-15(2-4-16)17-5-6-18-19(11-17)25-14-24-18/h1-6,11,14H,7-10,12-13,23H2,(H,24,25). The molecular formula is C22H23N5O3. The van der Waals surface area contributed by atoms with Crippen LogP contribution in [0.4, 0.5) is 0 Å². The van der Waals surface area contributed by atoms with Crippen LogP contribution in [0.1, 0.15) is 10.4 Å². The lowest BCUT2D eigenvalue weighted by Gasteiger charge is -2.43. The first-order chi connectivity index (χ1) is 14.5. The smallest absolute Gasteiger partial charge is 0.253 e. The van der Waals surface area contributed by atoms with Crippen molar-refractivity contribution in [2.24, 2.45) is 5.73 Å². The summed E-state index contributed by atoms with van der Waals surface area (Å²) in [4.78, 5) is 36.3. The van der Waals surface area contributed by atoms with Crippen molar-refractivity contribution in [2.45, 2.75) is 5.54 Å². The normalized spacial score (nSPS) is 18.3. The van der Waals surface area contributed by atoms with E-state index in [-0.39, 0.29) is 25.0 Å². The molecular weight excluding hydrogens is 382 g/mol. The van der Waals surface area contributed by atoms with Gasteiger partial charge in [0.05, 0.1) is 30.6 Å². The van der Waals surface area contributed by atoms with Crippen molar-refractivity contribution in [1.29, 1.82) is 0 Å². The fourth-order valence-corrected chi connectivity index (χ4v) is 3.97. The van der Waals surface area contributed by atoms with Crippen LogP contribution in [0.3, 0.4) is 0 Å². The number of amides is 2. The van der Waals surface area contributed by atoms with Gasteiger partial charge in [0.2, 0.25) is 5.91 Å². The Bertz CT molecular complexity index is 1100. The van der Waals surface area contributed by atoms with Crippen LogP contribution >= 0.6 is 0 Å². The van der Waals surface area contributed by atoms with Crippen LogP contribution in [0.5, 0.6) is 0 Å². The number of hydrogen-bond acceptors (Lipinski definition) is 5. The number of carbonyl (C=O) groups excluding carboxylic acids is 2. The maximum atomic E-state index is 12.9. The fraction of sp³-hybridized carbons (Fsp3) is 0.318. The van der Waals surface area contributed by atoms with Gasteiger partial charge in [-0.2, -0.15) is 0 Å². The number of fused-ring (bicyclic) bond motifs is 1. The molecule has 8 nitrogen and oxygen atoms in total. The molecule has 0 saturated carbocycles. The molecule has 0 aliphatic carbocycles. The monoisotopic (exact) mass is 405 g/mol. The molecule has 2 amide bonds. The van der Waals surface area contributed by atoms with E-state index in [4.69, 9.17) is 10.5 Å². The first-order valence-electron chi connectivity index (χ1n) is 10.0. The number of H-pyrrole nitrogens is 1. The number of ether oxygens (including phenoxy) is 1. The zero-order chi connectivity index (χ0) is 20.7. The van der Waals surface area contributed by atoms with Crippen LogP contribution in [-0.2, 0) is 9.53 Å². The summed E-state index contributed by atoms with van der Waals surface area (Å²) >= 11 is 0. The Morgan fingerprint density at radius 1 is 0.967 bits per heavy atom. The number of aromatic amines is 1. The van der Waals surface area contributed by atoms with E-state index in [1.807, 2.05) is 42.5 Å². The van der Waals surface area contributed by atoms with E-state index in [9.17, 15) is 9.59 Å². The molecule has 30 heavy (non-hydrogen) atoms. The summed E-state index contributed by atoms with van der Waals surface area (Å²) in [6.45, 7) is 2.52. The van der Waals surface area contributed by atoms with E-state index in [0.29, 0.717) is 31.7 Å². The number of nitrogens with two attached hydrogens (primary N) is 1. The fourth-order valence-electron chi connectivity index (χ4n) is 3.97. The van der Waals surface area contributed by atoms with Gasteiger partial charge in [-0.3, -0.25) is 9.59 Å². The number of rotatable bonds is 3. The Morgan fingerprint density at radius 2 is 1.63 bits per heavy atom. The molecule has 2 aliphatic heterocycles. The molecule has 3 heterocycles. The minimum absolute atomic E-state index is 0.0224. The molecule has 3 N–H and O–H groups in total. The summed E-state index contributed by atoms with van der Waals surface area (Å²) in [5, 5.41) is 0. The van der Waals surface area contributed by atoms with Gasteiger partial charge in [0.1, 0.15) is 5.54 Å². The van der Waals surface area contributed by atoms with Crippen LogP contribution in [0.2, 0.25) is 0 Å².